The molecule has 0 aliphatic heterocycles. The molecular formula is C15H19N2O3V-. The Labute approximate surface area is 136 Å². The Hall–Kier alpha value is -1.63. The summed E-state index contributed by atoms with van der Waals surface area (Å²) in [5, 5.41) is 2.89. The van der Waals surface area contributed by atoms with Crippen LogP contribution in [0.2, 0.25) is 0 Å². The van der Waals surface area contributed by atoms with E-state index < -0.39 is 0 Å². The van der Waals surface area contributed by atoms with E-state index in [4.69, 9.17) is 5.73 Å². The van der Waals surface area contributed by atoms with Gasteiger partial charge in [0, 0.05) is 37.2 Å². The van der Waals surface area contributed by atoms with Crippen molar-refractivity contribution in [2.75, 3.05) is 0 Å². The second-order valence-electron chi connectivity index (χ2n) is 4.07. The fourth-order valence-corrected chi connectivity index (χ4v) is 1.74. The van der Waals surface area contributed by atoms with Gasteiger partial charge in [0.25, 0.3) is 5.91 Å². The van der Waals surface area contributed by atoms with Crippen molar-refractivity contribution in [3.05, 3.63) is 71.3 Å². The number of nitrogens with two attached hydrogens (primary N) is 1. The molecule has 113 valence electrons. The zero-order valence-electron chi connectivity index (χ0n) is 11.5. The molecule has 0 aliphatic rings. The standard InChI is InChI=1S/C15H16N2O.2H2O.V/c16-10-12-5-4-6-13(9-12)11-17-15(18)14-7-2-1-3-8-14;;;/h1-9H,10-11,16H2,(H,17,18);2*1H2;/p-1. The Morgan fingerprint density at radius 1 is 1.00 bits per heavy atom. The van der Waals surface area contributed by atoms with Crippen LogP contribution in [-0.2, 0) is 31.6 Å². The number of amides is 1. The van der Waals surface area contributed by atoms with Gasteiger partial charge in [-0.3, -0.25) is 4.79 Å². The maximum atomic E-state index is 11.8. The first-order valence-corrected chi connectivity index (χ1v) is 5.91. The molecular weight excluding hydrogens is 307 g/mol. The van der Waals surface area contributed by atoms with Crippen LogP contribution < -0.4 is 11.1 Å². The fraction of sp³-hybridized carbons (Fsp3) is 0.133. The van der Waals surface area contributed by atoms with Crippen molar-refractivity contribution < 1.29 is 34.3 Å². The molecule has 5 nitrogen and oxygen atoms in total. The SMILES string of the molecule is NCc1cccc(CNC(=O)c2ccccc2)c1.O.[OH-].[V]. The van der Waals surface area contributed by atoms with Crippen LogP contribution in [0.25, 0.3) is 0 Å². The van der Waals surface area contributed by atoms with Crippen LogP contribution in [0.4, 0.5) is 0 Å². The Morgan fingerprint density at radius 3 is 2.24 bits per heavy atom. The fourth-order valence-electron chi connectivity index (χ4n) is 1.74. The van der Waals surface area contributed by atoms with Crippen molar-refractivity contribution in [1.29, 1.82) is 0 Å². The second-order valence-corrected chi connectivity index (χ2v) is 4.07. The number of hydrogen-bond acceptors (Lipinski definition) is 3. The number of hydrogen-bond donors (Lipinski definition) is 2. The van der Waals surface area contributed by atoms with Gasteiger partial charge < -0.3 is 22.0 Å². The molecule has 1 radical (unpaired) electrons. The maximum absolute atomic E-state index is 11.8. The molecule has 0 saturated heterocycles. The average Bonchev–Trinajstić information content (AvgIpc) is 2.46. The third kappa shape index (κ3) is 6.57. The van der Waals surface area contributed by atoms with Gasteiger partial charge in [0.1, 0.15) is 0 Å². The van der Waals surface area contributed by atoms with Crippen LogP contribution in [-0.4, -0.2) is 16.9 Å². The normalized spacial score (nSPS) is 8.62. The number of carbonyl (C=O) groups is 1. The summed E-state index contributed by atoms with van der Waals surface area (Å²) in [6.45, 7) is 1.03. The van der Waals surface area contributed by atoms with E-state index in [0.717, 1.165) is 11.1 Å². The molecule has 21 heavy (non-hydrogen) atoms. The Morgan fingerprint density at radius 2 is 1.62 bits per heavy atom. The third-order valence-electron chi connectivity index (χ3n) is 2.72. The topological polar surface area (TPSA) is 117 Å². The van der Waals surface area contributed by atoms with Crippen molar-refractivity contribution in [3.8, 4) is 0 Å². The van der Waals surface area contributed by atoms with Gasteiger partial charge in [-0.05, 0) is 23.3 Å². The molecule has 6 heteroatoms. The Bertz CT molecular complexity index is 535. The van der Waals surface area contributed by atoms with E-state index in [0.29, 0.717) is 18.7 Å². The minimum Gasteiger partial charge on any atom is -0.870 e. The van der Waals surface area contributed by atoms with Crippen LogP contribution in [0.15, 0.2) is 54.6 Å². The summed E-state index contributed by atoms with van der Waals surface area (Å²) < 4.78 is 0. The second kappa shape index (κ2) is 11.1. The van der Waals surface area contributed by atoms with Crippen LogP contribution in [0, 0.1) is 0 Å². The quantitative estimate of drug-likeness (QED) is 0.875. The molecule has 1 amide bonds. The summed E-state index contributed by atoms with van der Waals surface area (Å²) in [7, 11) is 0. The predicted molar refractivity (Wildman–Crippen MR) is 77.5 cm³/mol. The van der Waals surface area contributed by atoms with E-state index in [-0.39, 0.29) is 35.4 Å². The molecule has 2 aromatic carbocycles. The molecule has 2 aromatic rings. The molecule has 0 spiro atoms. The summed E-state index contributed by atoms with van der Waals surface area (Å²) in [5.74, 6) is -0.0613. The van der Waals surface area contributed by atoms with Crippen molar-refractivity contribution in [3.63, 3.8) is 0 Å². The molecule has 0 saturated carbocycles. The predicted octanol–water partition coefficient (Wildman–Crippen LogP) is 1.07. The first-order chi connectivity index (χ1) is 8.79. The maximum Gasteiger partial charge on any atom is 0.251 e. The first kappa shape index (κ1) is 21.7. The van der Waals surface area contributed by atoms with Gasteiger partial charge in [0.15, 0.2) is 0 Å². The van der Waals surface area contributed by atoms with E-state index in [9.17, 15) is 4.79 Å². The van der Waals surface area contributed by atoms with Crippen LogP contribution >= 0.6 is 0 Å². The van der Waals surface area contributed by atoms with E-state index in [1.165, 1.54) is 0 Å². The number of carbonyl (C=O) groups excluding carboxylic acids is 1. The Kier molecular flexibility index (Phi) is 11.4. The molecule has 2 rings (SSSR count). The summed E-state index contributed by atoms with van der Waals surface area (Å²) in [4.78, 5) is 11.8. The summed E-state index contributed by atoms with van der Waals surface area (Å²) in [6.07, 6.45) is 0. The molecule has 0 heterocycles. The Balaban J connectivity index is 0. The van der Waals surface area contributed by atoms with E-state index in [2.05, 4.69) is 5.32 Å². The summed E-state index contributed by atoms with van der Waals surface area (Å²) in [5.41, 5.74) is 8.38. The van der Waals surface area contributed by atoms with Gasteiger partial charge in [0.05, 0.1) is 0 Å². The molecule has 0 aliphatic carbocycles. The summed E-state index contributed by atoms with van der Waals surface area (Å²) >= 11 is 0. The van der Waals surface area contributed by atoms with E-state index in [1.54, 1.807) is 12.1 Å². The number of rotatable bonds is 4. The van der Waals surface area contributed by atoms with Crippen LogP contribution in [0.3, 0.4) is 0 Å². The molecule has 0 unspecified atom stereocenters. The summed E-state index contributed by atoms with van der Waals surface area (Å²) in [6, 6.07) is 17.1. The molecule has 6 N–H and O–H groups in total. The number of nitrogens with one attached hydrogen (secondary N) is 1. The van der Waals surface area contributed by atoms with Crippen molar-refractivity contribution >= 4 is 5.91 Å². The van der Waals surface area contributed by atoms with Crippen molar-refractivity contribution in [2.45, 2.75) is 13.1 Å². The van der Waals surface area contributed by atoms with Crippen LogP contribution in [0.5, 0.6) is 0 Å². The van der Waals surface area contributed by atoms with E-state index >= 15 is 0 Å². The molecule has 0 aromatic heterocycles. The van der Waals surface area contributed by atoms with Gasteiger partial charge in [-0.15, -0.1) is 0 Å². The smallest absolute Gasteiger partial charge is 0.251 e. The van der Waals surface area contributed by atoms with Gasteiger partial charge in [-0.1, -0.05) is 42.5 Å². The average molecular weight is 326 g/mol. The minimum atomic E-state index is -0.0613. The molecule has 0 atom stereocenters. The van der Waals surface area contributed by atoms with Crippen molar-refractivity contribution in [1.82, 2.24) is 5.32 Å². The largest absolute Gasteiger partial charge is 0.870 e. The van der Waals surface area contributed by atoms with Gasteiger partial charge >= 0.3 is 0 Å². The molecule has 0 fully saturated rings. The number of benzene rings is 2. The first-order valence-electron chi connectivity index (χ1n) is 5.91. The third-order valence-corrected chi connectivity index (χ3v) is 2.72. The molecule has 0 bridgehead atoms. The monoisotopic (exact) mass is 326 g/mol. The van der Waals surface area contributed by atoms with Crippen molar-refractivity contribution in [2.24, 2.45) is 5.73 Å². The van der Waals surface area contributed by atoms with E-state index in [1.807, 2.05) is 42.5 Å². The van der Waals surface area contributed by atoms with Gasteiger partial charge in [-0.25, -0.2) is 0 Å². The van der Waals surface area contributed by atoms with Gasteiger partial charge in [0.2, 0.25) is 0 Å². The van der Waals surface area contributed by atoms with Gasteiger partial charge in [-0.2, -0.15) is 0 Å². The van der Waals surface area contributed by atoms with Crippen LogP contribution in [0.1, 0.15) is 21.5 Å². The zero-order valence-corrected chi connectivity index (χ0v) is 12.9. The minimum absolute atomic E-state index is 0. The zero-order chi connectivity index (χ0) is 12.8.